The van der Waals surface area contributed by atoms with Crippen LogP contribution in [0.15, 0.2) is 5.16 Å². The molecule has 3 rings (SSSR count). The number of amides is 1. The van der Waals surface area contributed by atoms with Crippen molar-refractivity contribution in [2.24, 2.45) is 7.05 Å². The van der Waals surface area contributed by atoms with E-state index in [0.717, 1.165) is 56.4 Å². The monoisotopic (exact) mass is 337 g/mol. The molecule has 0 bridgehead atoms. The maximum atomic E-state index is 12.4. The zero-order valence-corrected chi connectivity index (χ0v) is 14.8. The summed E-state index contributed by atoms with van der Waals surface area (Å²) < 4.78 is 2.07. The fraction of sp³-hybridized carbons (Fsp3) is 0.812. The number of nitrogens with zero attached hydrogens (tertiary/aromatic N) is 4. The number of aromatic nitrogens is 3. The molecule has 0 aliphatic carbocycles. The van der Waals surface area contributed by atoms with Crippen molar-refractivity contribution in [1.29, 1.82) is 0 Å². The van der Waals surface area contributed by atoms with Crippen LogP contribution in [-0.2, 0) is 11.8 Å². The molecule has 2 aliphatic heterocycles. The Bertz CT molecular complexity index is 519. The third-order valence-electron chi connectivity index (χ3n) is 4.81. The molecule has 1 aromatic rings. The second-order valence-electron chi connectivity index (χ2n) is 6.53. The van der Waals surface area contributed by atoms with Crippen molar-refractivity contribution in [2.75, 3.05) is 31.9 Å². The first kappa shape index (κ1) is 16.8. The molecule has 0 saturated carbocycles. The lowest BCUT2D eigenvalue weighted by Crippen LogP contribution is -2.33. The summed E-state index contributed by atoms with van der Waals surface area (Å²) in [5.74, 6) is 2.19. The van der Waals surface area contributed by atoms with Crippen molar-refractivity contribution in [2.45, 2.75) is 49.6 Å². The molecule has 128 valence electrons. The van der Waals surface area contributed by atoms with Gasteiger partial charge in [-0.3, -0.25) is 4.79 Å². The largest absolute Gasteiger partial charge is 0.342 e. The molecule has 3 heterocycles. The summed E-state index contributed by atoms with van der Waals surface area (Å²) in [5.41, 5.74) is 0. The Morgan fingerprint density at radius 2 is 2.00 bits per heavy atom. The molecule has 1 aromatic heterocycles. The van der Waals surface area contributed by atoms with E-state index in [1.165, 1.54) is 31.0 Å². The molecule has 0 spiro atoms. The van der Waals surface area contributed by atoms with Crippen LogP contribution in [0, 0.1) is 0 Å². The van der Waals surface area contributed by atoms with Gasteiger partial charge in [-0.1, -0.05) is 24.6 Å². The number of piperidine rings is 1. The van der Waals surface area contributed by atoms with Gasteiger partial charge in [0.1, 0.15) is 5.82 Å². The summed E-state index contributed by atoms with van der Waals surface area (Å²) >= 11 is 1.52. The van der Waals surface area contributed by atoms with Gasteiger partial charge in [0.25, 0.3) is 0 Å². The fourth-order valence-corrected chi connectivity index (χ4v) is 4.24. The molecule has 1 amide bonds. The van der Waals surface area contributed by atoms with Gasteiger partial charge in [0.2, 0.25) is 5.91 Å². The first-order chi connectivity index (χ1) is 11.3. The highest BCUT2D eigenvalue weighted by molar-refractivity contribution is 7.99. The zero-order valence-electron chi connectivity index (χ0n) is 14.0. The summed E-state index contributed by atoms with van der Waals surface area (Å²) in [4.78, 5) is 14.4. The quantitative estimate of drug-likeness (QED) is 0.849. The number of likely N-dealkylation sites (tertiary alicyclic amines) is 1. The summed E-state index contributed by atoms with van der Waals surface area (Å²) in [6.45, 7) is 3.90. The molecule has 6 nitrogen and oxygen atoms in total. The maximum Gasteiger partial charge on any atom is 0.233 e. The molecule has 2 aliphatic rings. The first-order valence-corrected chi connectivity index (χ1v) is 9.75. The second kappa shape index (κ2) is 8.15. The average molecular weight is 337 g/mol. The number of carbonyl (C=O) groups is 1. The van der Waals surface area contributed by atoms with Gasteiger partial charge >= 0.3 is 0 Å². The van der Waals surface area contributed by atoms with Gasteiger partial charge in [-0.05, 0) is 32.2 Å². The van der Waals surface area contributed by atoms with Crippen LogP contribution in [-0.4, -0.2) is 57.5 Å². The molecule has 1 N–H and O–H groups in total. The number of carbonyl (C=O) groups excluding carboxylic acids is 1. The Labute approximate surface area is 142 Å². The van der Waals surface area contributed by atoms with Crippen molar-refractivity contribution in [3.05, 3.63) is 5.82 Å². The van der Waals surface area contributed by atoms with Crippen LogP contribution in [0.25, 0.3) is 0 Å². The molecule has 7 heteroatoms. The molecular formula is C16H27N5OS. The van der Waals surface area contributed by atoms with Crippen LogP contribution >= 0.6 is 11.8 Å². The molecule has 1 atom stereocenters. The summed E-state index contributed by atoms with van der Waals surface area (Å²) in [7, 11) is 2.02. The minimum absolute atomic E-state index is 0.237. The number of thioether (sulfide) groups is 1. The van der Waals surface area contributed by atoms with E-state index < -0.39 is 0 Å². The Morgan fingerprint density at radius 3 is 2.70 bits per heavy atom. The van der Waals surface area contributed by atoms with E-state index in [-0.39, 0.29) is 5.91 Å². The highest BCUT2D eigenvalue weighted by Crippen LogP contribution is 2.25. The summed E-state index contributed by atoms with van der Waals surface area (Å²) in [5, 5.41) is 13.0. The second-order valence-corrected chi connectivity index (χ2v) is 7.47. The van der Waals surface area contributed by atoms with Crippen molar-refractivity contribution in [3.63, 3.8) is 0 Å². The molecular weight excluding hydrogens is 310 g/mol. The zero-order chi connectivity index (χ0) is 16.1. The third kappa shape index (κ3) is 4.26. The van der Waals surface area contributed by atoms with Gasteiger partial charge in [-0.2, -0.15) is 0 Å². The van der Waals surface area contributed by atoms with E-state index in [1.54, 1.807) is 0 Å². The van der Waals surface area contributed by atoms with Gasteiger partial charge in [0.15, 0.2) is 5.16 Å². The molecule has 23 heavy (non-hydrogen) atoms. The van der Waals surface area contributed by atoms with Crippen LogP contribution in [0.4, 0.5) is 0 Å². The minimum Gasteiger partial charge on any atom is -0.342 e. The molecule has 2 fully saturated rings. The van der Waals surface area contributed by atoms with Crippen molar-refractivity contribution in [3.8, 4) is 0 Å². The number of hydrogen-bond donors (Lipinski definition) is 1. The third-order valence-corrected chi connectivity index (χ3v) is 5.82. The Morgan fingerprint density at radius 1 is 1.22 bits per heavy atom. The van der Waals surface area contributed by atoms with Crippen LogP contribution < -0.4 is 5.32 Å². The smallest absolute Gasteiger partial charge is 0.233 e. The van der Waals surface area contributed by atoms with Gasteiger partial charge in [-0.15, -0.1) is 10.2 Å². The van der Waals surface area contributed by atoms with E-state index in [4.69, 9.17) is 0 Å². The number of rotatable bonds is 4. The maximum absolute atomic E-state index is 12.4. The fourth-order valence-electron chi connectivity index (χ4n) is 3.42. The molecule has 0 radical (unpaired) electrons. The van der Waals surface area contributed by atoms with E-state index >= 15 is 0 Å². The number of nitrogens with one attached hydrogen (secondary N) is 1. The lowest BCUT2D eigenvalue weighted by molar-refractivity contribution is -0.128. The topological polar surface area (TPSA) is 63.1 Å². The van der Waals surface area contributed by atoms with E-state index in [9.17, 15) is 4.79 Å². The van der Waals surface area contributed by atoms with E-state index in [1.807, 2.05) is 11.9 Å². The SMILES string of the molecule is Cn1c(SCC(=O)N2CCCCCC2)nnc1[C@@H]1CCCNC1. The van der Waals surface area contributed by atoms with Gasteiger partial charge < -0.3 is 14.8 Å². The number of hydrogen-bond acceptors (Lipinski definition) is 5. The molecule has 0 aromatic carbocycles. The van der Waals surface area contributed by atoms with E-state index in [2.05, 4.69) is 20.1 Å². The Kier molecular flexibility index (Phi) is 5.94. The summed E-state index contributed by atoms with van der Waals surface area (Å²) in [6, 6.07) is 0. The van der Waals surface area contributed by atoms with Crippen molar-refractivity contribution >= 4 is 17.7 Å². The van der Waals surface area contributed by atoms with Gasteiger partial charge in [0.05, 0.1) is 5.75 Å². The first-order valence-electron chi connectivity index (χ1n) is 8.76. The predicted molar refractivity (Wildman–Crippen MR) is 91.6 cm³/mol. The normalized spacial score (nSPS) is 22.8. The minimum atomic E-state index is 0.237. The molecule has 2 saturated heterocycles. The van der Waals surface area contributed by atoms with Gasteiger partial charge in [0, 0.05) is 32.6 Å². The van der Waals surface area contributed by atoms with Crippen LogP contribution in [0.2, 0.25) is 0 Å². The summed E-state index contributed by atoms with van der Waals surface area (Å²) in [6.07, 6.45) is 7.13. The van der Waals surface area contributed by atoms with Crippen molar-refractivity contribution in [1.82, 2.24) is 25.0 Å². The Hall–Kier alpha value is -1.08. The molecule has 0 unspecified atom stereocenters. The lowest BCUT2D eigenvalue weighted by Gasteiger charge is -2.22. The van der Waals surface area contributed by atoms with Crippen LogP contribution in [0.3, 0.4) is 0 Å². The van der Waals surface area contributed by atoms with Crippen LogP contribution in [0.5, 0.6) is 0 Å². The van der Waals surface area contributed by atoms with Crippen LogP contribution in [0.1, 0.15) is 50.3 Å². The van der Waals surface area contributed by atoms with E-state index in [0.29, 0.717) is 11.7 Å². The standard InChI is InChI=1S/C16H27N5OS/c1-20-15(13-7-6-8-17-11-13)18-19-16(20)23-12-14(22)21-9-4-2-3-5-10-21/h13,17H,2-12H2,1H3/t13-/m1/s1. The average Bonchev–Trinajstić information content (AvgIpc) is 2.79. The highest BCUT2D eigenvalue weighted by Gasteiger charge is 2.22. The predicted octanol–water partition coefficient (Wildman–Crippen LogP) is 1.78. The van der Waals surface area contributed by atoms with Gasteiger partial charge in [-0.25, -0.2) is 0 Å². The highest BCUT2D eigenvalue weighted by atomic mass is 32.2. The Balaban J connectivity index is 1.55. The van der Waals surface area contributed by atoms with Crippen molar-refractivity contribution < 1.29 is 4.79 Å². The lowest BCUT2D eigenvalue weighted by atomic mass is 9.99.